The maximum Gasteiger partial charge on any atom is 0.258 e. The lowest BCUT2D eigenvalue weighted by atomic mass is 9.92. The molecule has 1 unspecified atom stereocenters. The molecule has 0 aromatic heterocycles. The van der Waals surface area contributed by atoms with Crippen LogP contribution in [-0.2, 0) is 10.4 Å². The van der Waals surface area contributed by atoms with Crippen LogP contribution in [0.25, 0.3) is 0 Å². The van der Waals surface area contributed by atoms with Gasteiger partial charge in [0.2, 0.25) is 0 Å². The molecule has 1 aliphatic rings. The lowest BCUT2D eigenvalue weighted by Crippen LogP contribution is -2.56. The maximum atomic E-state index is 13.3. The molecule has 5 nitrogen and oxygen atoms in total. The quantitative estimate of drug-likeness (QED) is 0.799. The second kappa shape index (κ2) is 8.01. The number of nitrogens with zero attached hydrogens (tertiary/aromatic N) is 1. The Kier molecular flexibility index (Phi) is 5.71. The number of rotatable bonds is 7. The van der Waals surface area contributed by atoms with Gasteiger partial charge in [0.25, 0.3) is 5.91 Å². The third-order valence-electron chi connectivity index (χ3n) is 4.82. The summed E-state index contributed by atoms with van der Waals surface area (Å²) in [5.41, 5.74) is 1.70. The summed E-state index contributed by atoms with van der Waals surface area (Å²) >= 11 is 0. The molecule has 5 heteroatoms. The van der Waals surface area contributed by atoms with Gasteiger partial charge < -0.3 is 19.7 Å². The maximum absolute atomic E-state index is 13.3. The van der Waals surface area contributed by atoms with Crippen LogP contribution in [0.15, 0.2) is 48.5 Å². The van der Waals surface area contributed by atoms with E-state index in [0.29, 0.717) is 31.2 Å². The van der Waals surface area contributed by atoms with E-state index in [1.54, 1.807) is 7.11 Å². The van der Waals surface area contributed by atoms with Crippen molar-refractivity contribution in [2.45, 2.75) is 26.4 Å². The van der Waals surface area contributed by atoms with E-state index in [1.807, 2.05) is 60.4 Å². The number of fused-ring (bicyclic) bond motifs is 1. The molecule has 1 atom stereocenters. The van der Waals surface area contributed by atoms with E-state index in [9.17, 15) is 4.79 Å². The zero-order valence-electron chi connectivity index (χ0n) is 16.5. The number of para-hydroxylation sites is 2. The van der Waals surface area contributed by atoms with E-state index in [4.69, 9.17) is 9.47 Å². The molecule has 0 aliphatic carbocycles. The fraction of sp³-hybridized carbons (Fsp3) is 0.409. The van der Waals surface area contributed by atoms with Crippen molar-refractivity contribution in [2.24, 2.45) is 5.92 Å². The highest BCUT2D eigenvalue weighted by atomic mass is 16.5. The standard InChI is InChI=1S/C22H28N2O3/c1-16(2)15-27-20-12-8-6-10-18(20)22(3)23-19-11-7-5-9-17(19)21(25)24(22)13-14-26-4/h5-12,16,23H,13-15H2,1-4H3. The van der Waals surface area contributed by atoms with Crippen LogP contribution in [0.1, 0.15) is 36.7 Å². The first-order valence-corrected chi connectivity index (χ1v) is 9.37. The van der Waals surface area contributed by atoms with E-state index in [-0.39, 0.29) is 5.91 Å². The Morgan fingerprint density at radius 1 is 1.11 bits per heavy atom. The SMILES string of the molecule is COCCN1C(=O)c2ccccc2NC1(C)c1ccccc1OCC(C)C. The minimum absolute atomic E-state index is 0.0115. The minimum Gasteiger partial charge on any atom is -0.493 e. The Balaban J connectivity index is 2.07. The molecule has 0 saturated heterocycles. The van der Waals surface area contributed by atoms with Crippen molar-refractivity contribution in [1.29, 1.82) is 0 Å². The number of nitrogens with one attached hydrogen (secondary N) is 1. The number of ether oxygens (including phenoxy) is 2. The number of carbonyl (C=O) groups is 1. The second-order valence-corrected chi connectivity index (χ2v) is 7.39. The molecule has 0 spiro atoms. The summed E-state index contributed by atoms with van der Waals surface area (Å²) in [4.78, 5) is 15.1. The zero-order valence-corrected chi connectivity index (χ0v) is 16.5. The highest BCUT2D eigenvalue weighted by molar-refractivity contribution is 6.02. The van der Waals surface area contributed by atoms with Gasteiger partial charge in [0.15, 0.2) is 0 Å². The van der Waals surface area contributed by atoms with E-state index in [0.717, 1.165) is 17.0 Å². The van der Waals surface area contributed by atoms with E-state index < -0.39 is 5.66 Å². The molecule has 27 heavy (non-hydrogen) atoms. The Labute approximate surface area is 161 Å². The fourth-order valence-electron chi connectivity index (χ4n) is 3.43. The molecule has 1 amide bonds. The number of anilines is 1. The molecule has 2 aromatic carbocycles. The predicted molar refractivity (Wildman–Crippen MR) is 107 cm³/mol. The smallest absolute Gasteiger partial charge is 0.258 e. The average Bonchev–Trinajstić information content (AvgIpc) is 2.66. The van der Waals surface area contributed by atoms with Gasteiger partial charge in [-0.05, 0) is 31.0 Å². The number of methoxy groups -OCH3 is 1. The van der Waals surface area contributed by atoms with Crippen molar-refractivity contribution in [3.8, 4) is 5.75 Å². The first-order valence-electron chi connectivity index (χ1n) is 9.37. The van der Waals surface area contributed by atoms with Crippen LogP contribution in [0.4, 0.5) is 5.69 Å². The third-order valence-corrected chi connectivity index (χ3v) is 4.82. The molecule has 0 fully saturated rings. The molecule has 0 saturated carbocycles. The van der Waals surface area contributed by atoms with Crippen LogP contribution in [0.2, 0.25) is 0 Å². The first kappa shape index (κ1) is 19.2. The van der Waals surface area contributed by atoms with Crippen molar-refractivity contribution in [3.05, 3.63) is 59.7 Å². The van der Waals surface area contributed by atoms with Crippen molar-refractivity contribution < 1.29 is 14.3 Å². The summed E-state index contributed by atoms with van der Waals surface area (Å²) in [5.74, 6) is 1.19. The molecule has 1 N–H and O–H groups in total. The van der Waals surface area contributed by atoms with Crippen LogP contribution in [0.3, 0.4) is 0 Å². The monoisotopic (exact) mass is 368 g/mol. The highest BCUT2D eigenvalue weighted by Gasteiger charge is 2.43. The zero-order chi connectivity index (χ0) is 19.4. The van der Waals surface area contributed by atoms with Crippen LogP contribution in [-0.4, -0.2) is 37.7 Å². The number of benzene rings is 2. The minimum atomic E-state index is -0.739. The van der Waals surface area contributed by atoms with Crippen LogP contribution >= 0.6 is 0 Å². The molecular formula is C22H28N2O3. The highest BCUT2D eigenvalue weighted by Crippen LogP contribution is 2.41. The summed E-state index contributed by atoms with van der Waals surface area (Å²) in [6.07, 6.45) is 0. The lowest BCUT2D eigenvalue weighted by Gasteiger charge is -2.47. The van der Waals surface area contributed by atoms with Gasteiger partial charge in [0.1, 0.15) is 11.4 Å². The molecule has 1 heterocycles. The van der Waals surface area contributed by atoms with Crippen molar-refractivity contribution in [1.82, 2.24) is 4.90 Å². The summed E-state index contributed by atoms with van der Waals surface area (Å²) < 4.78 is 11.4. The summed E-state index contributed by atoms with van der Waals surface area (Å²) in [5, 5.41) is 3.58. The van der Waals surface area contributed by atoms with Gasteiger partial charge in [-0.1, -0.05) is 44.2 Å². The van der Waals surface area contributed by atoms with Crippen molar-refractivity contribution in [2.75, 3.05) is 32.2 Å². The molecule has 3 rings (SSSR count). The third kappa shape index (κ3) is 3.78. The number of hydrogen-bond acceptors (Lipinski definition) is 4. The number of amides is 1. The van der Waals surface area contributed by atoms with Crippen LogP contribution < -0.4 is 10.1 Å². The van der Waals surface area contributed by atoms with E-state index in [1.165, 1.54) is 0 Å². The van der Waals surface area contributed by atoms with Gasteiger partial charge in [-0.2, -0.15) is 0 Å². The Bertz CT molecular complexity index is 806. The Morgan fingerprint density at radius 2 is 1.81 bits per heavy atom. The fourth-order valence-corrected chi connectivity index (χ4v) is 3.43. The van der Waals surface area contributed by atoms with Gasteiger partial charge in [0, 0.05) is 24.9 Å². The summed E-state index contributed by atoms with van der Waals surface area (Å²) in [6.45, 7) is 7.82. The average molecular weight is 368 g/mol. The molecule has 2 aromatic rings. The Hall–Kier alpha value is -2.53. The van der Waals surface area contributed by atoms with Gasteiger partial charge in [-0.3, -0.25) is 4.79 Å². The molecule has 1 aliphatic heterocycles. The normalized spacial score (nSPS) is 19.0. The van der Waals surface area contributed by atoms with Gasteiger partial charge in [0.05, 0.1) is 18.8 Å². The number of hydrogen-bond donors (Lipinski definition) is 1. The Morgan fingerprint density at radius 3 is 2.56 bits per heavy atom. The number of carbonyl (C=O) groups excluding carboxylic acids is 1. The van der Waals surface area contributed by atoms with Gasteiger partial charge in [-0.15, -0.1) is 0 Å². The summed E-state index contributed by atoms with van der Waals surface area (Å²) in [6, 6.07) is 15.5. The van der Waals surface area contributed by atoms with Crippen molar-refractivity contribution >= 4 is 11.6 Å². The second-order valence-electron chi connectivity index (χ2n) is 7.39. The molecule has 144 valence electrons. The lowest BCUT2D eigenvalue weighted by molar-refractivity contribution is 0.0430. The van der Waals surface area contributed by atoms with Gasteiger partial charge >= 0.3 is 0 Å². The predicted octanol–water partition coefficient (Wildman–Crippen LogP) is 4.11. The molecular weight excluding hydrogens is 340 g/mol. The topological polar surface area (TPSA) is 50.8 Å². The molecule has 0 bridgehead atoms. The molecule has 0 radical (unpaired) electrons. The van der Waals surface area contributed by atoms with E-state index in [2.05, 4.69) is 19.2 Å². The summed E-state index contributed by atoms with van der Waals surface area (Å²) in [7, 11) is 1.65. The van der Waals surface area contributed by atoms with E-state index >= 15 is 0 Å². The van der Waals surface area contributed by atoms with Gasteiger partial charge in [-0.25, -0.2) is 0 Å². The van der Waals surface area contributed by atoms with Crippen molar-refractivity contribution in [3.63, 3.8) is 0 Å². The first-order chi connectivity index (χ1) is 13.0. The van der Waals surface area contributed by atoms with Crippen LogP contribution in [0.5, 0.6) is 5.75 Å². The largest absolute Gasteiger partial charge is 0.493 e. The van der Waals surface area contributed by atoms with Crippen LogP contribution in [0, 0.1) is 5.92 Å².